The van der Waals surface area contributed by atoms with Gasteiger partial charge in [-0.3, -0.25) is 9.69 Å². The highest BCUT2D eigenvalue weighted by Gasteiger charge is 2.27. The molecular weight excluding hydrogens is 419 g/mol. The van der Waals surface area contributed by atoms with Gasteiger partial charge in [0.15, 0.2) is 11.5 Å². The maximum absolute atomic E-state index is 14.1. The molecule has 2 aromatic carbocycles. The number of halogens is 2. The lowest BCUT2D eigenvalue weighted by molar-refractivity contribution is -0.127. The number of hydrogen-bond donors (Lipinski definition) is 1. The van der Waals surface area contributed by atoms with Gasteiger partial charge in [0.25, 0.3) is 0 Å². The Bertz CT molecular complexity index is 880. The van der Waals surface area contributed by atoms with E-state index in [0.29, 0.717) is 28.6 Å². The number of piperidine rings is 1. The first-order valence-electron chi connectivity index (χ1n) is 10.6. The number of amides is 1. The minimum atomic E-state index is -0.284. The lowest BCUT2D eigenvalue weighted by atomic mass is 9.94. The third-order valence-corrected chi connectivity index (χ3v) is 6.29. The summed E-state index contributed by atoms with van der Waals surface area (Å²) in [5.41, 5.74) is 1.51. The molecule has 0 aromatic heterocycles. The first-order valence-corrected chi connectivity index (χ1v) is 11.0. The summed E-state index contributed by atoms with van der Waals surface area (Å²) in [6, 6.07) is 10.4. The van der Waals surface area contributed by atoms with E-state index in [9.17, 15) is 9.18 Å². The van der Waals surface area contributed by atoms with Gasteiger partial charge in [-0.1, -0.05) is 30.7 Å². The molecule has 3 rings (SSSR count). The Labute approximate surface area is 188 Å². The first-order chi connectivity index (χ1) is 15.0. The van der Waals surface area contributed by atoms with Crippen LogP contribution in [0.5, 0.6) is 11.5 Å². The van der Waals surface area contributed by atoms with Crippen molar-refractivity contribution in [3.63, 3.8) is 0 Å². The van der Waals surface area contributed by atoms with Crippen LogP contribution in [0.25, 0.3) is 0 Å². The summed E-state index contributed by atoms with van der Waals surface area (Å²) >= 11 is 6.15. The summed E-state index contributed by atoms with van der Waals surface area (Å²) in [7, 11) is 3.20. The number of carbonyl (C=O) groups is 1. The van der Waals surface area contributed by atoms with Crippen molar-refractivity contribution in [2.75, 3.05) is 27.3 Å². The molecule has 1 unspecified atom stereocenters. The lowest BCUT2D eigenvalue weighted by Gasteiger charge is -2.32. The fraction of sp³-hybridized carbons (Fsp3) is 0.458. The summed E-state index contributed by atoms with van der Waals surface area (Å²) in [6.07, 6.45) is 2.24. The molecule has 31 heavy (non-hydrogen) atoms. The van der Waals surface area contributed by atoms with Gasteiger partial charge in [0, 0.05) is 23.0 Å². The van der Waals surface area contributed by atoms with Gasteiger partial charge in [0.1, 0.15) is 5.82 Å². The van der Waals surface area contributed by atoms with Gasteiger partial charge in [-0.15, -0.1) is 0 Å². The van der Waals surface area contributed by atoms with Gasteiger partial charge in [-0.2, -0.15) is 0 Å². The van der Waals surface area contributed by atoms with Gasteiger partial charge in [0.2, 0.25) is 5.91 Å². The minimum Gasteiger partial charge on any atom is -0.493 e. The molecule has 1 aliphatic rings. The van der Waals surface area contributed by atoms with E-state index in [4.69, 9.17) is 21.1 Å². The largest absolute Gasteiger partial charge is 0.493 e. The van der Waals surface area contributed by atoms with Crippen LogP contribution in [0.1, 0.15) is 43.4 Å². The second-order valence-electron chi connectivity index (χ2n) is 7.83. The summed E-state index contributed by atoms with van der Waals surface area (Å²) in [5, 5.41) is 3.63. The maximum atomic E-state index is 14.1. The number of nitrogens with zero attached hydrogens (tertiary/aromatic N) is 1. The Morgan fingerprint density at radius 3 is 2.52 bits per heavy atom. The molecule has 0 aliphatic carbocycles. The van der Waals surface area contributed by atoms with Gasteiger partial charge in [0.05, 0.1) is 20.3 Å². The van der Waals surface area contributed by atoms with Gasteiger partial charge in [-0.25, -0.2) is 4.39 Å². The zero-order chi connectivity index (χ0) is 22.4. The van der Waals surface area contributed by atoms with Crippen LogP contribution in [0.4, 0.5) is 4.39 Å². The number of methoxy groups -OCH3 is 2. The Balaban J connectivity index is 1.57. The van der Waals surface area contributed by atoms with Crippen molar-refractivity contribution < 1.29 is 18.7 Å². The van der Waals surface area contributed by atoms with E-state index < -0.39 is 0 Å². The highest BCUT2D eigenvalue weighted by Crippen LogP contribution is 2.31. The molecule has 1 fully saturated rings. The van der Waals surface area contributed by atoms with Crippen LogP contribution in [0.2, 0.25) is 5.02 Å². The predicted molar refractivity (Wildman–Crippen MR) is 120 cm³/mol. The molecule has 1 heterocycles. The van der Waals surface area contributed by atoms with Crippen LogP contribution < -0.4 is 14.8 Å². The molecule has 0 radical (unpaired) electrons. The highest BCUT2D eigenvalue weighted by molar-refractivity contribution is 6.31. The summed E-state index contributed by atoms with van der Waals surface area (Å²) < 4.78 is 24.8. The van der Waals surface area contributed by atoms with Crippen molar-refractivity contribution in [2.45, 2.75) is 38.8 Å². The molecule has 1 N–H and O–H groups in total. The van der Waals surface area contributed by atoms with Crippen molar-refractivity contribution in [3.05, 3.63) is 58.4 Å². The molecule has 0 bridgehead atoms. The molecule has 1 aliphatic heterocycles. The summed E-state index contributed by atoms with van der Waals surface area (Å²) in [4.78, 5) is 15.1. The Morgan fingerprint density at radius 1 is 1.19 bits per heavy atom. The Kier molecular flexibility index (Phi) is 8.15. The summed E-state index contributed by atoms with van der Waals surface area (Å²) in [6.45, 7) is 3.97. The third kappa shape index (κ3) is 5.69. The van der Waals surface area contributed by atoms with Crippen LogP contribution in [0.15, 0.2) is 36.4 Å². The lowest BCUT2D eigenvalue weighted by Crippen LogP contribution is -2.41. The normalized spacial score (nSPS) is 16.0. The van der Waals surface area contributed by atoms with E-state index in [2.05, 4.69) is 10.2 Å². The average Bonchev–Trinajstić information content (AvgIpc) is 2.79. The topological polar surface area (TPSA) is 50.8 Å². The van der Waals surface area contributed by atoms with Crippen molar-refractivity contribution in [1.82, 2.24) is 10.2 Å². The molecule has 168 valence electrons. The maximum Gasteiger partial charge on any atom is 0.223 e. The molecule has 0 spiro atoms. The molecule has 1 amide bonds. The molecule has 1 atom stereocenters. The number of nitrogens with one attached hydrogen (secondary N) is 1. The van der Waals surface area contributed by atoms with E-state index >= 15 is 0 Å². The number of likely N-dealkylation sites (tertiary alicyclic amines) is 1. The molecule has 0 saturated carbocycles. The van der Waals surface area contributed by atoms with Crippen molar-refractivity contribution >= 4 is 17.5 Å². The van der Waals surface area contributed by atoms with E-state index in [-0.39, 0.29) is 23.7 Å². The fourth-order valence-electron chi connectivity index (χ4n) is 4.04. The first kappa shape index (κ1) is 23.4. The highest BCUT2D eigenvalue weighted by atomic mass is 35.5. The second-order valence-corrected chi connectivity index (χ2v) is 8.24. The smallest absolute Gasteiger partial charge is 0.223 e. The van der Waals surface area contributed by atoms with E-state index in [1.165, 1.54) is 6.07 Å². The van der Waals surface area contributed by atoms with Crippen LogP contribution in [0, 0.1) is 11.7 Å². The van der Waals surface area contributed by atoms with Crippen LogP contribution in [-0.2, 0) is 11.3 Å². The van der Waals surface area contributed by atoms with Crippen molar-refractivity contribution in [1.29, 1.82) is 0 Å². The monoisotopic (exact) mass is 448 g/mol. The zero-order valence-electron chi connectivity index (χ0n) is 18.3. The van der Waals surface area contributed by atoms with Gasteiger partial charge >= 0.3 is 0 Å². The van der Waals surface area contributed by atoms with Crippen LogP contribution in [0.3, 0.4) is 0 Å². The second kappa shape index (κ2) is 10.8. The minimum absolute atomic E-state index is 0.0541. The van der Waals surface area contributed by atoms with Gasteiger partial charge in [-0.05, 0) is 62.2 Å². The van der Waals surface area contributed by atoms with E-state index in [1.807, 2.05) is 25.1 Å². The predicted octanol–water partition coefficient (Wildman–Crippen LogP) is 4.98. The number of benzene rings is 2. The average molecular weight is 449 g/mol. The fourth-order valence-corrected chi connectivity index (χ4v) is 4.26. The van der Waals surface area contributed by atoms with E-state index in [1.54, 1.807) is 26.4 Å². The Hall–Kier alpha value is -2.31. The van der Waals surface area contributed by atoms with Crippen LogP contribution >= 0.6 is 11.6 Å². The quantitative estimate of drug-likeness (QED) is 0.619. The molecule has 5 nitrogen and oxygen atoms in total. The third-order valence-electron chi connectivity index (χ3n) is 5.94. The molecule has 1 saturated heterocycles. The molecule has 2 aromatic rings. The standard InChI is InChI=1S/C24H30ClFN2O3/c1-4-21(17-8-9-22(30-2)23(14-17)31-3)27-24(29)16-10-12-28(13-11-16)15-18-19(25)6-5-7-20(18)26/h5-9,14,16,21H,4,10-13,15H2,1-3H3,(H,27,29). The SMILES string of the molecule is CCC(NC(=O)C1CCN(Cc2c(F)cccc2Cl)CC1)c1ccc(OC)c(OC)c1. The number of carbonyl (C=O) groups excluding carboxylic acids is 1. The van der Waals surface area contributed by atoms with Gasteiger partial charge < -0.3 is 14.8 Å². The zero-order valence-corrected chi connectivity index (χ0v) is 19.0. The number of ether oxygens (including phenoxy) is 2. The number of hydrogen-bond acceptors (Lipinski definition) is 4. The molecular formula is C24H30ClFN2O3. The summed E-state index contributed by atoms with van der Waals surface area (Å²) in [5.74, 6) is 1.03. The number of rotatable bonds is 8. The Morgan fingerprint density at radius 2 is 1.90 bits per heavy atom. The van der Waals surface area contributed by atoms with E-state index in [0.717, 1.165) is 37.9 Å². The van der Waals surface area contributed by atoms with Crippen LogP contribution in [-0.4, -0.2) is 38.1 Å². The van der Waals surface area contributed by atoms with Crippen molar-refractivity contribution in [3.8, 4) is 11.5 Å². The molecule has 7 heteroatoms. The van der Waals surface area contributed by atoms with Crippen molar-refractivity contribution in [2.24, 2.45) is 5.92 Å².